The quantitative estimate of drug-likeness (QED) is 0.779. The summed E-state index contributed by atoms with van der Waals surface area (Å²) in [6.07, 6.45) is 6.15. The van der Waals surface area contributed by atoms with Gasteiger partial charge in [-0.2, -0.15) is 0 Å². The fourth-order valence-electron chi connectivity index (χ4n) is 2.57. The highest BCUT2D eigenvalue weighted by Crippen LogP contribution is 2.30. The van der Waals surface area contributed by atoms with Crippen molar-refractivity contribution >= 4 is 17.9 Å². The molecule has 0 aromatic rings. The first-order valence-electron chi connectivity index (χ1n) is 8.96. The van der Waals surface area contributed by atoms with Crippen LogP contribution in [-0.4, -0.2) is 66.0 Å². The molecule has 0 unspecified atom stereocenters. The number of hydrogen-bond acceptors (Lipinski definition) is 4. The first-order valence-corrected chi connectivity index (χ1v) is 8.96. The lowest BCUT2D eigenvalue weighted by Crippen LogP contribution is -2.43. The predicted molar refractivity (Wildman–Crippen MR) is 93.9 cm³/mol. The number of alkyl carbamates (subject to hydrolysis) is 1. The Hall–Kier alpha value is -2.05. The molecule has 0 aromatic carbocycles. The second kappa shape index (κ2) is 8.36. The normalized spacial score (nSPS) is 18.8. The summed E-state index contributed by atoms with van der Waals surface area (Å²) in [4.78, 5) is 39.5. The third-order valence-electron chi connectivity index (χ3n) is 4.08. The number of hydrogen-bond donors (Lipinski definition) is 1. The summed E-state index contributed by atoms with van der Waals surface area (Å²) < 4.78 is 5.12. The Balaban J connectivity index is 1.74. The van der Waals surface area contributed by atoms with Crippen molar-refractivity contribution in [3.05, 3.63) is 12.2 Å². The topological polar surface area (TPSA) is 79.0 Å². The van der Waals surface area contributed by atoms with Crippen LogP contribution < -0.4 is 5.32 Å². The van der Waals surface area contributed by atoms with E-state index in [0.717, 1.165) is 6.42 Å². The molecule has 7 heteroatoms. The van der Waals surface area contributed by atoms with Gasteiger partial charge in [0.2, 0.25) is 11.8 Å². The molecule has 1 aliphatic heterocycles. The average molecular weight is 351 g/mol. The molecule has 2 aliphatic rings. The van der Waals surface area contributed by atoms with Gasteiger partial charge in [0.25, 0.3) is 0 Å². The summed E-state index contributed by atoms with van der Waals surface area (Å²) in [7, 11) is 0. The van der Waals surface area contributed by atoms with Gasteiger partial charge in [0, 0.05) is 26.2 Å². The van der Waals surface area contributed by atoms with Crippen molar-refractivity contribution in [2.45, 2.75) is 45.6 Å². The lowest BCUT2D eigenvalue weighted by molar-refractivity contribution is -0.131. The highest BCUT2D eigenvalue weighted by Gasteiger charge is 2.23. The Morgan fingerprint density at radius 2 is 1.72 bits per heavy atom. The molecule has 0 radical (unpaired) electrons. The molecule has 0 spiro atoms. The standard InChI is InChI=1S/C18H29N3O4/c1-18(2,3)25-17(24)19-13-16(23)21-10-4-9-20(11-12-21)15(22)8-7-14-5-6-14/h7-8,14H,4-6,9-13H2,1-3H3,(H,19,24)/b8-7+. The molecule has 3 amide bonds. The average Bonchev–Trinajstić information content (AvgIpc) is 3.34. The molecule has 140 valence electrons. The molecule has 2 fully saturated rings. The maximum atomic E-state index is 12.3. The highest BCUT2D eigenvalue weighted by molar-refractivity contribution is 5.88. The van der Waals surface area contributed by atoms with E-state index in [2.05, 4.69) is 5.32 Å². The minimum atomic E-state index is -0.599. The number of allylic oxidation sites excluding steroid dienone is 1. The van der Waals surface area contributed by atoms with Gasteiger partial charge in [0.1, 0.15) is 12.1 Å². The maximum Gasteiger partial charge on any atom is 0.408 e. The van der Waals surface area contributed by atoms with Gasteiger partial charge in [-0.25, -0.2) is 4.79 Å². The monoisotopic (exact) mass is 351 g/mol. The second-order valence-electron chi connectivity index (χ2n) is 7.61. The van der Waals surface area contributed by atoms with Gasteiger partial charge in [0.15, 0.2) is 0 Å². The summed E-state index contributed by atoms with van der Waals surface area (Å²) in [5, 5.41) is 2.49. The number of carbonyl (C=O) groups is 3. The number of nitrogens with zero attached hydrogens (tertiary/aromatic N) is 2. The minimum absolute atomic E-state index is 0.0214. The lowest BCUT2D eigenvalue weighted by Gasteiger charge is -2.23. The Morgan fingerprint density at radius 3 is 2.36 bits per heavy atom. The van der Waals surface area contributed by atoms with Crippen LogP contribution >= 0.6 is 0 Å². The summed E-state index contributed by atoms with van der Waals surface area (Å²) >= 11 is 0. The van der Waals surface area contributed by atoms with Gasteiger partial charge in [-0.1, -0.05) is 6.08 Å². The number of rotatable bonds is 4. The van der Waals surface area contributed by atoms with Gasteiger partial charge in [-0.15, -0.1) is 0 Å². The first-order chi connectivity index (χ1) is 11.7. The largest absolute Gasteiger partial charge is 0.444 e. The number of amides is 3. The predicted octanol–water partition coefficient (Wildman–Crippen LogP) is 1.54. The molecule has 25 heavy (non-hydrogen) atoms. The van der Waals surface area contributed by atoms with Gasteiger partial charge in [-0.05, 0) is 52.0 Å². The fraction of sp³-hybridized carbons (Fsp3) is 0.722. The van der Waals surface area contributed by atoms with E-state index in [1.165, 1.54) is 12.8 Å². The van der Waals surface area contributed by atoms with Crippen LogP contribution in [0.2, 0.25) is 0 Å². The second-order valence-corrected chi connectivity index (χ2v) is 7.61. The minimum Gasteiger partial charge on any atom is -0.444 e. The van der Waals surface area contributed by atoms with Crippen molar-refractivity contribution in [1.82, 2.24) is 15.1 Å². The van der Waals surface area contributed by atoms with Crippen molar-refractivity contribution in [2.75, 3.05) is 32.7 Å². The molecular formula is C18H29N3O4. The summed E-state index contributed by atoms with van der Waals surface area (Å²) in [5.74, 6) is 0.440. The number of nitrogens with one attached hydrogen (secondary N) is 1. The van der Waals surface area contributed by atoms with Crippen LogP contribution in [0.5, 0.6) is 0 Å². The van der Waals surface area contributed by atoms with E-state index in [1.54, 1.807) is 36.6 Å². The smallest absolute Gasteiger partial charge is 0.408 e. The zero-order valence-electron chi connectivity index (χ0n) is 15.4. The molecule has 2 rings (SSSR count). The Morgan fingerprint density at radius 1 is 1.08 bits per heavy atom. The SMILES string of the molecule is CC(C)(C)OC(=O)NCC(=O)N1CCCN(C(=O)/C=C/C2CC2)CC1. The van der Waals surface area contributed by atoms with Crippen molar-refractivity contribution in [2.24, 2.45) is 5.92 Å². The zero-order valence-corrected chi connectivity index (χ0v) is 15.4. The molecule has 1 saturated heterocycles. The number of ether oxygens (including phenoxy) is 1. The van der Waals surface area contributed by atoms with Crippen molar-refractivity contribution in [1.29, 1.82) is 0 Å². The van der Waals surface area contributed by atoms with E-state index in [0.29, 0.717) is 32.1 Å². The molecular weight excluding hydrogens is 322 g/mol. The molecule has 1 saturated carbocycles. The molecule has 0 bridgehead atoms. The molecule has 0 aromatic heterocycles. The Kier molecular flexibility index (Phi) is 6.45. The highest BCUT2D eigenvalue weighted by atomic mass is 16.6. The van der Waals surface area contributed by atoms with Gasteiger partial charge in [-0.3, -0.25) is 9.59 Å². The molecule has 1 aliphatic carbocycles. The van der Waals surface area contributed by atoms with Crippen molar-refractivity contribution in [3.8, 4) is 0 Å². The van der Waals surface area contributed by atoms with E-state index in [9.17, 15) is 14.4 Å². The maximum absolute atomic E-state index is 12.3. The summed E-state index contributed by atoms with van der Waals surface area (Å²) in [5.41, 5.74) is -0.593. The number of carbonyl (C=O) groups excluding carboxylic acids is 3. The van der Waals surface area contributed by atoms with Crippen LogP contribution in [0.25, 0.3) is 0 Å². The third-order valence-corrected chi connectivity index (χ3v) is 4.08. The van der Waals surface area contributed by atoms with Crippen LogP contribution in [0.1, 0.15) is 40.0 Å². The van der Waals surface area contributed by atoms with Crippen molar-refractivity contribution < 1.29 is 19.1 Å². The lowest BCUT2D eigenvalue weighted by atomic mass is 10.2. The van der Waals surface area contributed by atoms with Gasteiger partial charge in [0.05, 0.1) is 0 Å². The third kappa shape index (κ3) is 7.15. The van der Waals surface area contributed by atoms with Gasteiger partial charge >= 0.3 is 6.09 Å². The Bertz CT molecular complexity index is 535. The van der Waals surface area contributed by atoms with Crippen LogP contribution in [0.15, 0.2) is 12.2 Å². The van der Waals surface area contributed by atoms with E-state index >= 15 is 0 Å². The summed E-state index contributed by atoms with van der Waals surface area (Å²) in [6, 6.07) is 0. The Labute approximate surface area is 149 Å². The van der Waals surface area contributed by atoms with Crippen LogP contribution in [0, 0.1) is 5.92 Å². The molecule has 0 atom stereocenters. The van der Waals surface area contributed by atoms with E-state index in [4.69, 9.17) is 4.74 Å². The molecule has 1 N–H and O–H groups in total. The molecule has 7 nitrogen and oxygen atoms in total. The van der Waals surface area contributed by atoms with E-state index in [1.807, 2.05) is 6.08 Å². The zero-order chi connectivity index (χ0) is 18.4. The van der Waals surface area contributed by atoms with Crippen molar-refractivity contribution in [3.63, 3.8) is 0 Å². The van der Waals surface area contributed by atoms with E-state index < -0.39 is 11.7 Å². The first kappa shape index (κ1) is 19.3. The van der Waals surface area contributed by atoms with Crippen LogP contribution in [0.3, 0.4) is 0 Å². The molecule has 1 heterocycles. The van der Waals surface area contributed by atoms with Gasteiger partial charge < -0.3 is 19.9 Å². The van der Waals surface area contributed by atoms with Crippen LogP contribution in [-0.2, 0) is 14.3 Å². The summed E-state index contributed by atoms with van der Waals surface area (Å²) in [6.45, 7) is 7.46. The van der Waals surface area contributed by atoms with E-state index in [-0.39, 0.29) is 18.4 Å². The fourth-order valence-corrected chi connectivity index (χ4v) is 2.57. The van der Waals surface area contributed by atoms with Crippen LogP contribution in [0.4, 0.5) is 4.79 Å².